The van der Waals surface area contributed by atoms with Crippen molar-refractivity contribution < 1.29 is 9.53 Å². The molecule has 3 rings (SSSR count). The first-order chi connectivity index (χ1) is 12.3. The van der Waals surface area contributed by atoms with Crippen LogP contribution in [0.25, 0.3) is 0 Å². The molecule has 0 unspecified atom stereocenters. The van der Waals surface area contributed by atoms with Crippen molar-refractivity contribution in [2.24, 2.45) is 0 Å². The summed E-state index contributed by atoms with van der Waals surface area (Å²) in [5.74, 6) is 0.340. The fourth-order valence-electron chi connectivity index (χ4n) is 2.79. The molecular formula is C18H23N5O2. The molecule has 25 heavy (non-hydrogen) atoms. The van der Waals surface area contributed by atoms with E-state index in [1.165, 1.54) is 24.9 Å². The van der Waals surface area contributed by atoms with E-state index in [1.54, 1.807) is 13.2 Å². The van der Waals surface area contributed by atoms with E-state index in [0.29, 0.717) is 24.7 Å². The van der Waals surface area contributed by atoms with Crippen LogP contribution in [0.4, 0.5) is 17.2 Å². The van der Waals surface area contributed by atoms with Gasteiger partial charge in [0.05, 0.1) is 6.61 Å². The number of amides is 1. The molecule has 1 aliphatic rings. The standard InChI is InChI=1S/C18H23N5O2/c1-25-11-8-19-17-12-16(20-13-21-17)18(24)22-14-4-6-15(7-5-14)23-9-2-3-10-23/h4-7,12-13H,2-3,8-11H2,1H3,(H,22,24)(H,19,20,21). The molecule has 1 amide bonds. The molecule has 2 N–H and O–H groups in total. The zero-order chi connectivity index (χ0) is 17.5. The van der Waals surface area contributed by atoms with Crippen molar-refractivity contribution in [2.75, 3.05) is 48.9 Å². The van der Waals surface area contributed by atoms with Crippen LogP contribution in [-0.2, 0) is 4.74 Å². The van der Waals surface area contributed by atoms with E-state index >= 15 is 0 Å². The minimum absolute atomic E-state index is 0.258. The summed E-state index contributed by atoms with van der Waals surface area (Å²) in [6.07, 6.45) is 3.86. The molecular weight excluding hydrogens is 318 g/mol. The number of nitrogens with zero attached hydrogens (tertiary/aromatic N) is 3. The number of hydrogen-bond donors (Lipinski definition) is 2. The van der Waals surface area contributed by atoms with Crippen LogP contribution >= 0.6 is 0 Å². The van der Waals surface area contributed by atoms with Gasteiger partial charge in [-0.1, -0.05) is 0 Å². The SMILES string of the molecule is COCCNc1cc(C(=O)Nc2ccc(N3CCCC3)cc2)ncn1. The van der Waals surface area contributed by atoms with Crippen molar-refractivity contribution in [3.05, 3.63) is 42.4 Å². The largest absolute Gasteiger partial charge is 0.383 e. The summed E-state index contributed by atoms with van der Waals surface area (Å²) in [5, 5.41) is 5.95. The van der Waals surface area contributed by atoms with Crippen molar-refractivity contribution in [3.8, 4) is 0 Å². The Morgan fingerprint density at radius 2 is 1.96 bits per heavy atom. The lowest BCUT2D eigenvalue weighted by Crippen LogP contribution is -2.18. The number of carbonyl (C=O) groups is 1. The molecule has 132 valence electrons. The van der Waals surface area contributed by atoms with E-state index in [2.05, 4.69) is 25.5 Å². The van der Waals surface area contributed by atoms with E-state index < -0.39 is 0 Å². The van der Waals surface area contributed by atoms with E-state index in [4.69, 9.17) is 4.74 Å². The van der Waals surface area contributed by atoms with Crippen LogP contribution in [0.2, 0.25) is 0 Å². The van der Waals surface area contributed by atoms with Crippen LogP contribution in [0.15, 0.2) is 36.7 Å². The van der Waals surface area contributed by atoms with Gasteiger partial charge in [-0.05, 0) is 37.1 Å². The Kier molecular flexibility index (Phi) is 5.79. The van der Waals surface area contributed by atoms with Gasteiger partial charge in [0.1, 0.15) is 17.8 Å². The van der Waals surface area contributed by atoms with E-state index in [9.17, 15) is 4.79 Å². The summed E-state index contributed by atoms with van der Waals surface area (Å²) in [4.78, 5) is 22.9. The molecule has 0 radical (unpaired) electrons. The lowest BCUT2D eigenvalue weighted by atomic mass is 10.2. The molecule has 1 aromatic carbocycles. The maximum absolute atomic E-state index is 12.4. The number of aromatic nitrogens is 2. The first-order valence-electron chi connectivity index (χ1n) is 8.47. The summed E-state index contributed by atoms with van der Waals surface area (Å²) in [7, 11) is 1.63. The predicted molar refractivity (Wildman–Crippen MR) is 98.2 cm³/mol. The molecule has 2 aromatic rings. The van der Waals surface area contributed by atoms with Gasteiger partial charge in [-0.25, -0.2) is 9.97 Å². The van der Waals surface area contributed by atoms with Gasteiger partial charge in [0, 0.05) is 44.2 Å². The summed E-state index contributed by atoms with van der Waals surface area (Å²) in [6, 6.07) is 9.55. The van der Waals surface area contributed by atoms with Crippen LogP contribution in [0.3, 0.4) is 0 Å². The van der Waals surface area contributed by atoms with Crippen LogP contribution in [0.5, 0.6) is 0 Å². The van der Waals surface area contributed by atoms with E-state index in [-0.39, 0.29) is 5.91 Å². The van der Waals surface area contributed by atoms with Gasteiger partial charge in [0.15, 0.2) is 0 Å². The highest BCUT2D eigenvalue weighted by Crippen LogP contribution is 2.22. The van der Waals surface area contributed by atoms with Crippen molar-refractivity contribution >= 4 is 23.1 Å². The Balaban J connectivity index is 1.60. The molecule has 7 nitrogen and oxygen atoms in total. The molecule has 1 aromatic heterocycles. The third-order valence-corrected chi connectivity index (χ3v) is 4.11. The maximum atomic E-state index is 12.4. The molecule has 0 spiro atoms. The van der Waals surface area contributed by atoms with Gasteiger partial charge in [-0.15, -0.1) is 0 Å². The smallest absolute Gasteiger partial charge is 0.274 e. The fraction of sp³-hybridized carbons (Fsp3) is 0.389. The monoisotopic (exact) mass is 341 g/mol. The summed E-state index contributed by atoms with van der Waals surface area (Å²) < 4.78 is 4.98. The molecule has 1 fully saturated rings. The number of nitrogens with one attached hydrogen (secondary N) is 2. The Hall–Kier alpha value is -2.67. The number of benzene rings is 1. The zero-order valence-electron chi connectivity index (χ0n) is 14.4. The van der Waals surface area contributed by atoms with Crippen molar-refractivity contribution in [1.29, 1.82) is 0 Å². The molecule has 0 atom stereocenters. The normalized spacial score (nSPS) is 13.7. The fourth-order valence-corrected chi connectivity index (χ4v) is 2.79. The second-order valence-corrected chi connectivity index (χ2v) is 5.90. The minimum Gasteiger partial charge on any atom is -0.383 e. The second-order valence-electron chi connectivity index (χ2n) is 5.90. The number of rotatable bonds is 7. The quantitative estimate of drug-likeness (QED) is 0.753. The topological polar surface area (TPSA) is 79.4 Å². The molecule has 0 aliphatic carbocycles. The van der Waals surface area contributed by atoms with Crippen LogP contribution < -0.4 is 15.5 Å². The van der Waals surface area contributed by atoms with Gasteiger partial charge >= 0.3 is 0 Å². The molecule has 0 saturated carbocycles. The van der Waals surface area contributed by atoms with Crippen LogP contribution in [-0.4, -0.2) is 49.2 Å². The molecule has 2 heterocycles. The van der Waals surface area contributed by atoms with Gasteiger partial charge < -0.3 is 20.3 Å². The Labute approximate surface area is 147 Å². The molecule has 1 saturated heterocycles. The third-order valence-electron chi connectivity index (χ3n) is 4.11. The van der Waals surface area contributed by atoms with Gasteiger partial charge in [0.25, 0.3) is 5.91 Å². The number of carbonyl (C=O) groups excluding carboxylic acids is 1. The van der Waals surface area contributed by atoms with Crippen molar-refractivity contribution in [3.63, 3.8) is 0 Å². The van der Waals surface area contributed by atoms with Crippen LogP contribution in [0, 0.1) is 0 Å². The highest BCUT2D eigenvalue weighted by molar-refractivity contribution is 6.03. The second kappa shape index (κ2) is 8.43. The molecule has 0 bridgehead atoms. The summed E-state index contributed by atoms with van der Waals surface area (Å²) >= 11 is 0. The number of ether oxygens (including phenoxy) is 1. The van der Waals surface area contributed by atoms with Crippen molar-refractivity contribution in [2.45, 2.75) is 12.8 Å². The van der Waals surface area contributed by atoms with E-state index in [0.717, 1.165) is 18.8 Å². The summed E-state index contributed by atoms with van der Waals surface area (Å²) in [6.45, 7) is 3.39. The first kappa shape index (κ1) is 17.2. The van der Waals surface area contributed by atoms with Crippen LogP contribution in [0.1, 0.15) is 23.3 Å². The van der Waals surface area contributed by atoms with E-state index in [1.807, 2.05) is 24.3 Å². The molecule has 1 aliphatic heterocycles. The molecule has 7 heteroatoms. The lowest BCUT2D eigenvalue weighted by Gasteiger charge is -2.17. The summed E-state index contributed by atoms with van der Waals surface area (Å²) in [5.41, 5.74) is 2.26. The highest BCUT2D eigenvalue weighted by atomic mass is 16.5. The van der Waals surface area contributed by atoms with Gasteiger partial charge in [0.2, 0.25) is 0 Å². The maximum Gasteiger partial charge on any atom is 0.274 e. The number of hydrogen-bond acceptors (Lipinski definition) is 6. The minimum atomic E-state index is -0.258. The average Bonchev–Trinajstić information content (AvgIpc) is 3.17. The van der Waals surface area contributed by atoms with Crippen molar-refractivity contribution in [1.82, 2.24) is 9.97 Å². The lowest BCUT2D eigenvalue weighted by molar-refractivity contribution is 0.102. The predicted octanol–water partition coefficient (Wildman–Crippen LogP) is 2.39. The number of anilines is 3. The average molecular weight is 341 g/mol. The number of methoxy groups -OCH3 is 1. The Morgan fingerprint density at radius 1 is 1.20 bits per heavy atom. The Bertz CT molecular complexity index is 699. The van der Waals surface area contributed by atoms with Gasteiger partial charge in [-0.3, -0.25) is 4.79 Å². The third kappa shape index (κ3) is 4.67. The Morgan fingerprint density at radius 3 is 2.68 bits per heavy atom. The highest BCUT2D eigenvalue weighted by Gasteiger charge is 2.13. The first-order valence-corrected chi connectivity index (χ1v) is 8.47. The zero-order valence-corrected chi connectivity index (χ0v) is 14.4. The van der Waals surface area contributed by atoms with Gasteiger partial charge in [-0.2, -0.15) is 0 Å².